The predicted molar refractivity (Wildman–Crippen MR) is 93.8 cm³/mol. The first-order valence-electron chi connectivity index (χ1n) is 7.94. The number of nitrogens with zero attached hydrogens (tertiary/aromatic N) is 4. The minimum atomic E-state index is -0.490. The third-order valence-electron chi connectivity index (χ3n) is 4.21. The van der Waals surface area contributed by atoms with E-state index >= 15 is 0 Å². The average molecular weight is 339 g/mol. The summed E-state index contributed by atoms with van der Waals surface area (Å²) in [7, 11) is 1.58. The highest BCUT2D eigenvalue weighted by atomic mass is 16.5. The Morgan fingerprint density at radius 3 is 2.76 bits per heavy atom. The maximum Gasteiger partial charge on any atom is 0.329 e. The van der Waals surface area contributed by atoms with Crippen LogP contribution >= 0.6 is 0 Å². The molecule has 0 saturated heterocycles. The minimum Gasteiger partial charge on any atom is -0.492 e. The lowest BCUT2D eigenvalue weighted by Crippen LogP contribution is -2.28. The second-order valence-electron chi connectivity index (χ2n) is 5.78. The second-order valence-corrected chi connectivity index (χ2v) is 5.78. The topological polar surface area (TPSA) is 86.3 Å². The minimum absolute atomic E-state index is 0.339. The highest BCUT2D eigenvalue weighted by Crippen LogP contribution is 2.27. The summed E-state index contributed by atoms with van der Waals surface area (Å²) in [4.78, 5) is 31.0. The predicted octanol–water partition coefficient (Wildman–Crippen LogP) is 1.37. The molecule has 0 atom stereocenters. The lowest BCUT2D eigenvalue weighted by Gasteiger charge is -2.12. The van der Waals surface area contributed by atoms with Crippen molar-refractivity contribution in [2.75, 3.05) is 6.61 Å². The van der Waals surface area contributed by atoms with Gasteiger partial charge >= 0.3 is 5.69 Å². The van der Waals surface area contributed by atoms with E-state index < -0.39 is 11.2 Å². The number of aromatic amines is 1. The molecule has 0 aliphatic rings. The lowest BCUT2D eigenvalue weighted by atomic mass is 10.3. The van der Waals surface area contributed by atoms with Crippen molar-refractivity contribution in [3.05, 3.63) is 57.0 Å². The maximum atomic E-state index is 12.3. The van der Waals surface area contributed by atoms with Crippen LogP contribution in [0.15, 0.2) is 40.1 Å². The van der Waals surface area contributed by atoms with Gasteiger partial charge in [-0.15, -0.1) is 0 Å². The molecule has 0 fully saturated rings. The number of ether oxygens (including phenoxy) is 1. The largest absolute Gasteiger partial charge is 0.492 e. The van der Waals surface area contributed by atoms with Gasteiger partial charge in [-0.3, -0.25) is 23.3 Å². The van der Waals surface area contributed by atoms with Crippen LogP contribution in [0, 0.1) is 6.92 Å². The average Bonchev–Trinajstić information content (AvgIpc) is 3.09. The number of imidazole rings is 2. The molecule has 0 amide bonds. The van der Waals surface area contributed by atoms with Crippen molar-refractivity contribution in [3.8, 4) is 11.4 Å². The Morgan fingerprint density at radius 1 is 1.24 bits per heavy atom. The van der Waals surface area contributed by atoms with Crippen molar-refractivity contribution in [1.29, 1.82) is 0 Å². The summed E-state index contributed by atoms with van der Waals surface area (Å²) >= 11 is 0. The monoisotopic (exact) mass is 339 g/mol. The number of benzene rings is 1. The van der Waals surface area contributed by atoms with Crippen molar-refractivity contribution in [3.63, 3.8) is 0 Å². The van der Waals surface area contributed by atoms with Crippen LogP contribution in [0.3, 0.4) is 0 Å². The zero-order valence-corrected chi connectivity index (χ0v) is 14.1. The van der Waals surface area contributed by atoms with E-state index in [1.165, 1.54) is 4.57 Å². The molecule has 3 heterocycles. The second kappa shape index (κ2) is 5.37. The molecule has 4 aromatic rings. The van der Waals surface area contributed by atoms with Crippen LogP contribution in [-0.4, -0.2) is 30.1 Å². The molecular weight excluding hydrogens is 322 g/mol. The summed E-state index contributed by atoms with van der Waals surface area (Å²) in [6, 6.07) is 7.64. The Balaban J connectivity index is 2.13. The first-order valence-corrected chi connectivity index (χ1v) is 7.94. The number of fused-ring (bicyclic) bond motifs is 3. The highest BCUT2D eigenvalue weighted by molar-refractivity contribution is 5.76. The van der Waals surface area contributed by atoms with Gasteiger partial charge in [-0.25, -0.2) is 4.79 Å². The van der Waals surface area contributed by atoms with E-state index in [0.29, 0.717) is 23.5 Å². The van der Waals surface area contributed by atoms with Gasteiger partial charge in [-0.2, -0.15) is 4.98 Å². The van der Waals surface area contributed by atoms with Gasteiger partial charge in [0.2, 0.25) is 5.78 Å². The number of rotatable bonds is 3. The van der Waals surface area contributed by atoms with Crippen LogP contribution in [0.4, 0.5) is 0 Å². The number of aromatic nitrogens is 5. The number of hydrogen-bond donors (Lipinski definition) is 1. The quantitative estimate of drug-likeness (QED) is 0.611. The van der Waals surface area contributed by atoms with Crippen LogP contribution in [0.25, 0.3) is 22.6 Å². The number of nitrogens with one attached hydrogen (secondary N) is 1. The molecule has 0 saturated carbocycles. The Bertz CT molecular complexity index is 1230. The van der Waals surface area contributed by atoms with Crippen molar-refractivity contribution in [1.82, 2.24) is 23.5 Å². The molecule has 25 heavy (non-hydrogen) atoms. The summed E-state index contributed by atoms with van der Waals surface area (Å²) in [5, 5.41) is 0. The molecule has 8 heteroatoms. The molecule has 0 unspecified atom stereocenters. The summed E-state index contributed by atoms with van der Waals surface area (Å²) in [6.45, 7) is 4.39. The summed E-state index contributed by atoms with van der Waals surface area (Å²) in [6.07, 6.45) is 1.83. The number of hydrogen-bond acceptors (Lipinski definition) is 4. The van der Waals surface area contributed by atoms with E-state index in [2.05, 4.69) is 9.97 Å². The zero-order chi connectivity index (χ0) is 17.7. The number of para-hydroxylation sites is 2. The molecule has 0 spiro atoms. The fourth-order valence-electron chi connectivity index (χ4n) is 3.09. The van der Waals surface area contributed by atoms with E-state index in [0.717, 1.165) is 17.1 Å². The van der Waals surface area contributed by atoms with Crippen LogP contribution in [0.2, 0.25) is 0 Å². The third-order valence-corrected chi connectivity index (χ3v) is 4.21. The Morgan fingerprint density at radius 2 is 2.00 bits per heavy atom. The van der Waals surface area contributed by atoms with Crippen molar-refractivity contribution in [2.45, 2.75) is 13.8 Å². The standard InChI is InChI=1S/C17H17N5O3/c1-4-25-12-8-6-5-7-11(12)22-10(2)9-21-13-14(18-16(21)22)20(3)17(24)19-15(13)23/h5-9H,4H2,1-3H3,(H,19,23,24). The third kappa shape index (κ3) is 2.10. The summed E-state index contributed by atoms with van der Waals surface area (Å²) < 4.78 is 10.7. The van der Waals surface area contributed by atoms with E-state index in [-0.39, 0.29) is 0 Å². The van der Waals surface area contributed by atoms with E-state index in [9.17, 15) is 9.59 Å². The normalized spacial score (nSPS) is 11.5. The van der Waals surface area contributed by atoms with Gasteiger partial charge < -0.3 is 4.74 Å². The first kappa shape index (κ1) is 15.3. The van der Waals surface area contributed by atoms with Gasteiger partial charge in [0.05, 0.1) is 12.3 Å². The van der Waals surface area contributed by atoms with Crippen molar-refractivity contribution < 1.29 is 4.74 Å². The molecule has 3 aromatic heterocycles. The van der Waals surface area contributed by atoms with Gasteiger partial charge in [0.1, 0.15) is 5.75 Å². The van der Waals surface area contributed by atoms with Crippen molar-refractivity contribution >= 4 is 16.9 Å². The van der Waals surface area contributed by atoms with Gasteiger partial charge in [-0.1, -0.05) is 12.1 Å². The molecule has 0 radical (unpaired) electrons. The van der Waals surface area contributed by atoms with Gasteiger partial charge in [0.25, 0.3) is 5.56 Å². The van der Waals surface area contributed by atoms with Crippen LogP contribution in [0.1, 0.15) is 12.6 Å². The SMILES string of the molecule is CCOc1ccccc1-n1c(C)cn2c3c(=O)[nH]c(=O)n(C)c3nc12. The Labute approximate surface area is 141 Å². The molecule has 1 aromatic carbocycles. The van der Waals surface area contributed by atoms with Gasteiger partial charge in [-0.05, 0) is 26.0 Å². The smallest absolute Gasteiger partial charge is 0.329 e. The first-order chi connectivity index (χ1) is 12.0. The fraction of sp³-hybridized carbons (Fsp3) is 0.235. The van der Waals surface area contributed by atoms with Crippen LogP contribution < -0.4 is 16.0 Å². The molecule has 0 aliphatic heterocycles. The molecule has 8 nitrogen and oxygen atoms in total. The molecule has 128 valence electrons. The Kier molecular flexibility index (Phi) is 3.28. The molecule has 0 bridgehead atoms. The van der Waals surface area contributed by atoms with E-state index in [4.69, 9.17) is 4.74 Å². The summed E-state index contributed by atoms with van der Waals surface area (Å²) in [5.41, 5.74) is 1.45. The van der Waals surface area contributed by atoms with E-state index in [1.54, 1.807) is 11.4 Å². The molecule has 0 aliphatic carbocycles. The zero-order valence-electron chi connectivity index (χ0n) is 14.1. The van der Waals surface area contributed by atoms with Crippen LogP contribution in [0.5, 0.6) is 5.75 Å². The molecule has 1 N–H and O–H groups in total. The number of aryl methyl sites for hydroxylation is 2. The number of H-pyrrole nitrogens is 1. The fourth-order valence-corrected chi connectivity index (χ4v) is 3.09. The highest BCUT2D eigenvalue weighted by Gasteiger charge is 2.19. The van der Waals surface area contributed by atoms with Crippen molar-refractivity contribution in [2.24, 2.45) is 7.05 Å². The lowest BCUT2D eigenvalue weighted by molar-refractivity contribution is 0.339. The molecular formula is C17H17N5O3. The van der Waals surface area contributed by atoms with Gasteiger partial charge in [0.15, 0.2) is 11.2 Å². The Hall–Kier alpha value is -3.29. The summed E-state index contributed by atoms with van der Waals surface area (Å²) in [5.74, 6) is 1.27. The van der Waals surface area contributed by atoms with Gasteiger partial charge in [0, 0.05) is 18.9 Å². The van der Waals surface area contributed by atoms with Crippen LogP contribution in [-0.2, 0) is 7.05 Å². The van der Waals surface area contributed by atoms with E-state index in [1.807, 2.05) is 48.9 Å². The maximum absolute atomic E-state index is 12.3. The molecule has 4 rings (SSSR count).